The van der Waals surface area contributed by atoms with Crippen LogP contribution in [0, 0.1) is 102 Å². The molecule has 616 valence electrons. The Balaban J connectivity index is 0.000000170. The minimum absolute atomic E-state index is 0. The monoisotopic (exact) mass is 1540 g/mol. The molecule has 0 bridgehead atoms. The second kappa shape index (κ2) is 32.9. The molecule has 19 heteroatoms. The van der Waals surface area contributed by atoms with Gasteiger partial charge in [-0.05, 0) is 249 Å². The second-order valence-electron chi connectivity index (χ2n) is 38.7. The smallest absolute Gasteiger partial charge is 0.459 e. The van der Waals surface area contributed by atoms with Crippen molar-refractivity contribution in [2.75, 3.05) is 52.9 Å². The van der Waals surface area contributed by atoms with E-state index in [2.05, 4.69) is 81.7 Å². The Morgan fingerprint density at radius 2 is 0.855 bits per heavy atom. The first-order valence-electron chi connectivity index (χ1n) is 41.3. The van der Waals surface area contributed by atoms with Crippen LogP contribution in [0.4, 0.5) is 0 Å². The maximum atomic E-state index is 12.2. The molecular formula is C91H139O19+. The van der Waals surface area contributed by atoms with Crippen molar-refractivity contribution >= 4 is 29.8 Å². The number of esters is 5. The molecule has 6 heterocycles. The predicted octanol–water partition coefficient (Wildman–Crippen LogP) is 15.3. The number of hydrogen-bond acceptors (Lipinski definition) is 19. The Bertz CT molecular complexity index is 3640. The Morgan fingerprint density at radius 1 is 0.500 bits per heavy atom. The van der Waals surface area contributed by atoms with Crippen molar-refractivity contribution in [1.82, 2.24) is 0 Å². The molecule has 12 fully saturated rings. The standard InChI is InChI=1S/C25H36O6.C24H36O4.C21H32O4.C20H30O5.CH4/c1-15-7-10-20-24(5,12-11-21-25(20,6)14-29-23(3,4)31-21)18(15)9-8-17-19(30-16(2)26)13-28-22(17)27;1-15-7-8-19-23(5,18(15)13-16(2)17-10-12-26-21(17)25)11-9-20-24(19,6)14-27-22(3,4)28-20;1-13-5-6-17-20(3,9-7-18(23)21(17,4)12-22)16(13)11-14(2)15-8-10-25-19(15)24;1-12-4-7-16-19(2,9-8-17(23)20(16,3)11-21)14(12)6-5-13-15(22)10-25-18(13)24;/h8,18-21H,1,7,9-14H2,2-6H3;10,16,18-20H,1,7-9,11-14H2,2-6H3;8,14,16-18,22-23H,1,5-7,9-12H2,2-4H3;5,14-17,21-23H,1,4,6-11H2,2-3H3;1H4/p+1/b17-8+;;;13-5+;/t18-,19-,20?,21-,24-,25+;16?,18-,19?,20-,23-,24+;14?,16-,17?,18-,20-,21+;14-,15-,16?,17-,19-,20+;/m1111./s1. The van der Waals surface area contributed by atoms with Gasteiger partial charge in [0.15, 0.2) is 17.7 Å². The summed E-state index contributed by atoms with van der Waals surface area (Å²) >= 11 is 0. The third-order valence-electron chi connectivity index (χ3n) is 31.4. The predicted molar refractivity (Wildman–Crippen MR) is 422 cm³/mol. The number of carbonyl (C=O) groups excluding carboxylic acids is 5. The molecular weight excluding hydrogens is 1400 g/mol. The highest BCUT2D eigenvalue weighted by Gasteiger charge is 2.65. The van der Waals surface area contributed by atoms with Crippen LogP contribution >= 0.6 is 0 Å². The van der Waals surface area contributed by atoms with Crippen LogP contribution in [0.15, 0.2) is 95.2 Å². The number of aliphatic hydroxyl groups excluding tert-OH is 5. The van der Waals surface area contributed by atoms with Gasteiger partial charge in [-0.2, -0.15) is 0 Å². The summed E-state index contributed by atoms with van der Waals surface area (Å²) in [5.41, 5.74) is 6.63. The molecule has 5 N–H and O–H groups in total. The van der Waals surface area contributed by atoms with Gasteiger partial charge >= 0.3 is 31.3 Å². The molecule has 19 nitrogen and oxygen atoms in total. The van der Waals surface area contributed by atoms with Gasteiger partial charge < -0.3 is 68.2 Å². The summed E-state index contributed by atoms with van der Waals surface area (Å²) in [4.78, 5) is 59.4. The van der Waals surface area contributed by atoms with E-state index >= 15 is 0 Å². The summed E-state index contributed by atoms with van der Waals surface area (Å²) in [7, 11) is 0. The minimum atomic E-state index is -0.844. The Kier molecular flexibility index (Phi) is 26.1. The molecule has 0 aromatic carbocycles. The van der Waals surface area contributed by atoms with Gasteiger partial charge in [0.2, 0.25) is 0 Å². The van der Waals surface area contributed by atoms with Gasteiger partial charge in [-0.3, -0.25) is 4.79 Å². The van der Waals surface area contributed by atoms with Crippen LogP contribution in [-0.4, -0.2) is 156 Å². The summed E-state index contributed by atoms with van der Waals surface area (Å²) in [5.74, 6) is 0.356. The van der Waals surface area contributed by atoms with Crippen molar-refractivity contribution in [2.24, 2.45) is 102 Å². The zero-order valence-electron chi connectivity index (χ0n) is 69.6. The summed E-state index contributed by atoms with van der Waals surface area (Å²) < 4.78 is 50.6. The fraction of sp³-hybridized carbons (Fsp3) is 0.769. The topological polar surface area (TPSA) is 270 Å². The maximum absolute atomic E-state index is 12.2. The molecule has 0 spiro atoms. The van der Waals surface area contributed by atoms with Gasteiger partial charge in [-0.1, -0.05) is 137 Å². The SMILES string of the molecule is C.C=C1CCC2[C@](C)(CC[C@H]3OC(C)(C)OC[C@@]23C)[C@@H]1C/C=C1/C(=O)OC[C@H]1OC(C)=O.C=C1CCC2[C@](C)(CC[C@H]3OC(C)(C)OC[C@@]23C)[C@@H]1CC(C)C1=CCOC1=O.C=C1CCC2[C@](C)(CO)[C@H](O)CC[C@]2(C)[C@@H]1C/C=C1/C(=O)OC[C@H]1O.C=C1CCC2[C@](C)(CO)[C@H](O)CC[C@]2(C)[C@@H]1CC(C)C1=CCOC1=O.[H+]. The van der Waals surface area contributed by atoms with Crippen LogP contribution < -0.4 is 0 Å². The third kappa shape index (κ3) is 16.2. The van der Waals surface area contributed by atoms with E-state index in [1.807, 2.05) is 65.8 Å². The van der Waals surface area contributed by atoms with E-state index in [9.17, 15) is 49.5 Å². The van der Waals surface area contributed by atoms with Crippen molar-refractivity contribution in [2.45, 2.75) is 288 Å². The Hall–Kier alpha value is -5.09. The van der Waals surface area contributed by atoms with Crippen molar-refractivity contribution in [3.63, 3.8) is 0 Å². The van der Waals surface area contributed by atoms with Gasteiger partial charge in [0.05, 0.1) is 62.0 Å². The lowest BCUT2D eigenvalue weighted by molar-refractivity contribution is -0.344. The number of carbonyl (C=O) groups is 5. The van der Waals surface area contributed by atoms with E-state index in [-0.39, 0.29) is 133 Å². The number of cyclic esters (lactones) is 4. The molecule has 6 unspecified atom stereocenters. The van der Waals surface area contributed by atoms with Crippen LogP contribution in [0.1, 0.15) is 241 Å². The van der Waals surface area contributed by atoms with Crippen LogP contribution in [0.25, 0.3) is 0 Å². The van der Waals surface area contributed by atoms with Crippen LogP contribution in [0.5, 0.6) is 0 Å². The van der Waals surface area contributed by atoms with Crippen molar-refractivity contribution < 1.29 is 93.6 Å². The van der Waals surface area contributed by atoms with Gasteiger partial charge in [0.25, 0.3) is 0 Å². The normalized spacial score (nSPS) is 43.5. The van der Waals surface area contributed by atoms with Crippen molar-refractivity contribution in [3.8, 4) is 0 Å². The summed E-state index contributed by atoms with van der Waals surface area (Å²) in [6.07, 6.45) is 24.2. The lowest BCUT2D eigenvalue weighted by atomic mass is 9.45. The highest BCUT2D eigenvalue weighted by Crippen LogP contribution is 2.68. The van der Waals surface area contributed by atoms with Crippen LogP contribution in [0.3, 0.4) is 0 Å². The van der Waals surface area contributed by atoms with E-state index in [0.717, 1.165) is 126 Å². The van der Waals surface area contributed by atoms with Crippen molar-refractivity contribution in [1.29, 1.82) is 0 Å². The molecule has 6 aliphatic heterocycles. The summed E-state index contributed by atoms with van der Waals surface area (Å²) in [5, 5.41) is 51.1. The molecule has 0 aromatic rings. The first kappa shape index (κ1) is 87.3. The zero-order chi connectivity index (χ0) is 79.7. The largest absolute Gasteiger partial charge is 1.00 e. The highest BCUT2D eigenvalue weighted by molar-refractivity contribution is 5.93. The number of hydrogen-bond donors (Lipinski definition) is 5. The molecule has 8 saturated carbocycles. The molecule has 14 aliphatic rings. The molecule has 14 rings (SSSR count). The fourth-order valence-electron chi connectivity index (χ4n) is 24.9. The molecule has 0 amide bonds. The average molecular weight is 1540 g/mol. The molecule has 0 aromatic heterocycles. The Morgan fingerprint density at radius 3 is 1.24 bits per heavy atom. The first-order valence-corrected chi connectivity index (χ1v) is 41.3. The first-order chi connectivity index (χ1) is 51.0. The number of aliphatic hydroxyl groups is 5. The number of fused-ring (bicyclic) bond motifs is 8. The lowest BCUT2D eigenvalue weighted by Gasteiger charge is -2.63. The quantitative estimate of drug-likeness (QED) is 0.0496. The number of rotatable bonds is 13. The molecule has 4 saturated heterocycles. The minimum Gasteiger partial charge on any atom is -0.459 e. The van der Waals surface area contributed by atoms with Gasteiger partial charge in [-0.25, -0.2) is 19.2 Å². The lowest BCUT2D eigenvalue weighted by Crippen LogP contribution is -2.63. The average Bonchev–Trinajstić information content (AvgIpc) is 0.851. The van der Waals surface area contributed by atoms with E-state index in [0.29, 0.717) is 80.3 Å². The second-order valence-corrected chi connectivity index (χ2v) is 38.7. The van der Waals surface area contributed by atoms with Gasteiger partial charge in [0.1, 0.15) is 32.5 Å². The zero-order valence-corrected chi connectivity index (χ0v) is 68.6. The van der Waals surface area contributed by atoms with E-state index in [4.69, 9.17) is 42.6 Å². The summed E-state index contributed by atoms with van der Waals surface area (Å²) in [6, 6.07) is 0. The maximum Gasteiger partial charge on any atom is 1.00 e. The molecule has 8 aliphatic carbocycles. The molecule has 24 atom stereocenters. The van der Waals surface area contributed by atoms with Crippen LogP contribution in [0.2, 0.25) is 0 Å². The van der Waals surface area contributed by atoms with Gasteiger partial charge in [-0.15, -0.1) is 0 Å². The highest BCUT2D eigenvalue weighted by atomic mass is 16.7. The summed E-state index contributed by atoms with van der Waals surface area (Å²) in [6.45, 7) is 51.7. The Labute approximate surface area is 658 Å². The van der Waals surface area contributed by atoms with Gasteiger partial charge in [0, 0.05) is 39.7 Å². The fourth-order valence-corrected chi connectivity index (χ4v) is 24.9. The number of allylic oxidation sites excluding steroid dienone is 6. The van der Waals surface area contributed by atoms with Crippen LogP contribution in [-0.2, 0) is 66.6 Å². The molecule has 0 radical (unpaired) electrons. The van der Waals surface area contributed by atoms with E-state index < -0.39 is 58.8 Å². The van der Waals surface area contributed by atoms with Crippen molar-refractivity contribution in [3.05, 3.63) is 95.2 Å². The molecule has 110 heavy (non-hydrogen) atoms. The third-order valence-corrected chi connectivity index (χ3v) is 31.4. The van der Waals surface area contributed by atoms with E-state index in [1.54, 1.807) is 0 Å². The van der Waals surface area contributed by atoms with E-state index in [1.165, 1.54) is 23.6 Å². The number of ether oxygens (including phenoxy) is 9.